The number of carbonyl (C=O) groups excluding carboxylic acids is 2. The molecule has 1 aromatic rings. The SMILES string of the molecule is O=C(C1CCCC1)N1CCC2(CC(=O)N(c3ccsc3)C2)C1. The standard InChI is InChI=1S/C17H22N2O2S/c20-15-9-17(12-19(15)14-5-8-22-10-14)6-7-18(11-17)16(21)13-3-1-2-4-13/h5,8,10,13H,1-4,6-7,9,11-12H2. The molecule has 3 fully saturated rings. The first-order chi connectivity index (χ1) is 10.7. The van der Waals surface area contributed by atoms with E-state index in [-0.39, 0.29) is 17.2 Å². The maximum absolute atomic E-state index is 12.6. The van der Waals surface area contributed by atoms with Gasteiger partial charge in [-0.05, 0) is 30.7 Å². The van der Waals surface area contributed by atoms with Gasteiger partial charge in [0.2, 0.25) is 11.8 Å². The molecule has 0 bridgehead atoms. The van der Waals surface area contributed by atoms with E-state index in [0.29, 0.717) is 12.3 Å². The van der Waals surface area contributed by atoms with Crippen LogP contribution in [0.2, 0.25) is 0 Å². The second-order valence-electron chi connectivity index (χ2n) is 7.13. The molecule has 2 saturated heterocycles. The first-order valence-electron chi connectivity index (χ1n) is 8.28. The molecule has 5 heteroatoms. The predicted octanol–water partition coefficient (Wildman–Crippen LogP) is 2.89. The molecule has 0 radical (unpaired) electrons. The molecule has 1 unspecified atom stereocenters. The largest absolute Gasteiger partial charge is 0.342 e. The van der Waals surface area contributed by atoms with Crippen LogP contribution in [0.3, 0.4) is 0 Å². The van der Waals surface area contributed by atoms with Gasteiger partial charge in [-0.1, -0.05) is 12.8 Å². The summed E-state index contributed by atoms with van der Waals surface area (Å²) in [5.74, 6) is 0.810. The lowest BCUT2D eigenvalue weighted by Gasteiger charge is -2.25. The van der Waals surface area contributed by atoms with Gasteiger partial charge in [0.1, 0.15) is 0 Å². The van der Waals surface area contributed by atoms with Crippen LogP contribution < -0.4 is 4.90 Å². The lowest BCUT2D eigenvalue weighted by atomic mass is 9.86. The summed E-state index contributed by atoms with van der Waals surface area (Å²) in [6, 6.07) is 2.01. The van der Waals surface area contributed by atoms with Crippen molar-refractivity contribution < 1.29 is 9.59 Å². The zero-order valence-corrected chi connectivity index (χ0v) is 13.6. The molecule has 2 aliphatic heterocycles. The zero-order valence-electron chi connectivity index (χ0n) is 12.8. The first-order valence-corrected chi connectivity index (χ1v) is 9.23. The van der Waals surface area contributed by atoms with Crippen molar-refractivity contribution in [3.8, 4) is 0 Å². The highest BCUT2D eigenvalue weighted by Crippen LogP contribution is 2.43. The minimum atomic E-state index is -0.00666. The summed E-state index contributed by atoms with van der Waals surface area (Å²) in [7, 11) is 0. The normalized spacial score (nSPS) is 29.2. The molecule has 22 heavy (non-hydrogen) atoms. The molecule has 4 rings (SSSR count). The van der Waals surface area contributed by atoms with E-state index < -0.39 is 0 Å². The van der Waals surface area contributed by atoms with Gasteiger partial charge in [-0.2, -0.15) is 11.3 Å². The summed E-state index contributed by atoms with van der Waals surface area (Å²) in [6.07, 6.45) is 6.07. The molecule has 2 amide bonds. The van der Waals surface area contributed by atoms with Crippen LogP contribution in [-0.2, 0) is 9.59 Å². The van der Waals surface area contributed by atoms with Crippen LogP contribution in [-0.4, -0.2) is 36.3 Å². The lowest BCUT2D eigenvalue weighted by molar-refractivity contribution is -0.134. The number of thiophene rings is 1. The van der Waals surface area contributed by atoms with Gasteiger partial charge in [0.25, 0.3) is 0 Å². The van der Waals surface area contributed by atoms with Crippen LogP contribution in [0.1, 0.15) is 38.5 Å². The van der Waals surface area contributed by atoms with Gasteiger partial charge in [0, 0.05) is 42.8 Å². The molecule has 0 N–H and O–H groups in total. The fraction of sp³-hybridized carbons (Fsp3) is 0.647. The Morgan fingerprint density at radius 3 is 2.82 bits per heavy atom. The lowest BCUT2D eigenvalue weighted by Crippen LogP contribution is -2.36. The summed E-state index contributed by atoms with van der Waals surface area (Å²) in [4.78, 5) is 29.0. The number of hydrogen-bond acceptors (Lipinski definition) is 3. The van der Waals surface area contributed by atoms with Crippen molar-refractivity contribution in [2.24, 2.45) is 11.3 Å². The van der Waals surface area contributed by atoms with E-state index in [1.54, 1.807) is 11.3 Å². The van der Waals surface area contributed by atoms with Crippen molar-refractivity contribution in [3.63, 3.8) is 0 Å². The molecule has 1 spiro atoms. The number of carbonyl (C=O) groups is 2. The average Bonchev–Trinajstić information content (AvgIpc) is 3.26. The van der Waals surface area contributed by atoms with Crippen LogP contribution in [0.15, 0.2) is 16.8 Å². The molecule has 4 nitrogen and oxygen atoms in total. The number of amides is 2. The Morgan fingerprint density at radius 2 is 2.09 bits per heavy atom. The molecule has 3 aliphatic rings. The summed E-state index contributed by atoms with van der Waals surface area (Å²) in [6.45, 7) is 2.38. The Labute approximate surface area is 135 Å². The monoisotopic (exact) mass is 318 g/mol. The summed E-state index contributed by atoms with van der Waals surface area (Å²) < 4.78 is 0. The van der Waals surface area contributed by atoms with Gasteiger partial charge in [0.05, 0.1) is 5.69 Å². The van der Waals surface area contributed by atoms with Crippen LogP contribution >= 0.6 is 11.3 Å². The van der Waals surface area contributed by atoms with E-state index in [2.05, 4.69) is 0 Å². The fourth-order valence-corrected chi connectivity index (χ4v) is 5.01. The van der Waals surface area contributed by atoms with Gasteiger partial charge in [-0.15, -0.1) is 0 Å². The maximum atomic E-state index is 12.6. The summed E-state index contributed by atoms with van der Waals surface area (Å²) >= 11 is 1.62. The predicted molar refractivity (Wildman–Crippen MR) is 86.9 cm³/mol. The Morgan fingerprint density at radius 1 is 1.27 bits per heavy atom. The Bertz CT molecular complexity index is 579. The van der Waals surface area contributed by atoms with Crippen LogP contribution in [0.4, 0.5) is 5.69 Å². The van der Waals surface area contributed by atoms with Crippen LogP contribution in [0, 0.1) is 11.3 Å². The molecule has 1 saturated carbocycles. The van der Waals surface area contributed by atoms with Gasteiger partial charge in [0.15, 0.2) is 0 Å². The summed E-state index contributed by atoms with van der Waals surface area (Å²) in [5, 5.41) is 4.05. The zero-order chi connectivity index (χ0) is 15.2. The quantitative estimate of drug-likeness (QED) is 0.841. The fourth-order valence-electron chi connectivity index (χ4n) is 4.37. The number of rotatable bonds is 2. The van der Waals surface area contributed by atoms with Gasteiger partial charge in [-0.25, -0.2) is 0 Å². The molecule has 1 atom stereocenters. The van der Waals surface area contributed by atoms with Crippen molar-refractivity contribution in [1.29, 1.82) is 0 Å². The topological polar surface area (TPSA) is 40.6 Å². The van der Waals surface area contributed by atoms with E-state index in [9.17, 15) is 9.59 Å². The van der Waals surface area contributed by atoms with Crippen molar-refractivity contribution in [2.45, 2.75) is 38.5 Å². The highest BCUT2D eigenvalue weighted by Gasteiger charge is 2.49. The second-order valence-corrected chi connectivity index (χ2v) is 7.91. The van der Waals surface area contributed by atoms with Crippen molar-refractivity contribution in [3.05, 3.63) is 16.8 Å². The Balaban J connectivity index is 1.46. The van der Waals surface area contributed by atoms with Crippen LogP contribution in [0.25, 0.3) is 0 Å². The number of likely N-dealkylation sites (tertiary alicyclic amines) is 1. The average molecular weight is 318 g/mol. The molecular formula is C17H22N2O2S. The highest BCUT2D eigenvalue weighted by molar-refractivity contribution is 7.08. The number of anilines is 1. The minimum Gasteiger partial charge on any atom is -0.342 e. The van der Waals surface area contributed by atoms with Crippen molar-refractivity contribution in [1.82, 2.24) is 4.90 Å². The Kier molecular flexibility index (Phi) is 3.48. The Hall–Kier alpha value is -1.36. The second kappa shape index (κ2) is 5.37. The smallest absolute Gasteiger partial charge is 0.227 e. The maximum Gasteiger partial charge on any atom is 0.227 e. The molecule has 1 aromatic heterocycles. The van der Waals surface area contributed by atoms with Gasteiger partial charge < -0.3 is 9.80 Å². The minimum absolute atomic E-state index is 0.00666. The van der Waals surface area contributed by atoms with Crippen molar-refractivity contribution in [2.75, 3.05) is 24.5 Å². The van der Waals surface area contributed by atoms with E-state index in [4.69, 9.17) is 0 Å². The number of hydrogen-bond donors (Lipinski definition) is 0. The van der Waals surface area contributed by atoms with E-state index in [1.807, 2.05) is 26.6 Å². The van der Waals surface area contributed by atoms with Crippen LogP contribution in [0.5, 0.6) is 0 Å². The molecule has 0 aromatic carbocycles. The third-order valence-electron chi connectivity index (χ3n) is 5.59. The van der Waals surface area contributed by atoms with Gasteiger partial charge in [-0.3, -0.25) is 9.59 Å². The van der Waals surface area contributed by atoms with E-state index >= 15 is 0 Å². The highest BCUT2D eigenvalue weighted by atomic mass is 32.1. The molecule has 3 heterocycles. The summed E-state index contributed by atoms with van der Waals surface area (Å²) in [5.41, 5.74) is 1.01. The van der Waals surface area contributed by atoms with Crippen molar-refractivity contribution >= 4 is 28.8 Å². The molecule has 118 valence electrons. The molecular weight excluding hydrogens is 296 g/mol. The number of nitrogens with zero attached hydrogens (tertiary/aromatic N) is 2. The first kappa shape index (κ1) is 14.2. The third kappa shape index (κ3) is 2.35. The molecule has 1 aliphatic carbocycles. The van der Waals surface area contributed by atoms with E-state index in [1.165, 1.54) is 12.8 Å². The van der Waals surface area contributed by atoms with E-state index in [0.717, 1.165) is 44.6 Å². The third-order valence-corrected chi connectivity index (χ3v) is 6.26. The van der Waals surface area contributed by atoms with Gasteiger partial charge >= 0.3 is 0 Å².